The van der Waals surface area contributed by atoms with Gasteiger partial charge in [0.1, 0.15) is 0 Å². The Balaban J connectivity index is 1.73. The van der Waals surface area contributed by atoms with E-state index in [1.807, 2.05) is 6.07 Å². The summed E-state index contributed by atoms with van der Waals surface area (Å²) < 4.78 is 0. The van der Waals surface area contributed by atoms with Gasteiger partial charge < -0.3 is 5.32 Å². The maximum absolute atomic E-state index is 11.4. The molecule has 0 radical (unpaired) electrons. The molecule has 6 nitrogen and oxygen atoms in total. The third-order valence-corrected chi connectivity index (χ3v) is 4.27. The van der Waals surface area contributed by atoms with Gasteiger partial charge in [0.25, 0.3) is 5.91 Å². The van der Waals surface area contributed by atoms with Crippen LogP contribution in [-0.2, 0) is 13.0 Å². The zero-order valence-corrected chi connectivity index (χ0v) is 11.4. The molecule has 3 heterocycles. The molecule has 0 atom stereocenters. The van der Waals surface area contributed by atoms with Crippen LogP contribution < -0.4 is 10.8 Å². The number of rotatable bonds is 2. The summed E-state index contributed by atoms with van der Waals surface area (Å²) in [5.74, 6) is -0.499. The van der Waals surface area contributed by atoms with E-state index in [9.17, 15) is 4.79 Å². The first-order chi connectivity index (χ1) is 9.78. The minimum atomic E-state index is -0.499. The second-order valence-electron chi connectivity index (χ2n) is 5.47. The Bertz CT molecular complexity index is 500. The Morgan fingerprint density at radius 1 is 1.45 bits per heavy atom. The second-order valence-corrected chi connectivity index (χ2v) is 5.47. The normalized spacial score (nSPS) is 20.4. The average Bonchev–Trinajstić information content (AvgIpc) is 2.54. The van der Waals surface area contributed by atoms with Gasteiger partial charge in [-0.25, -0.2) is 5.48 Å². The van der Waals surface area contributed by atoms with Gasteiger partial charge in [-0.05, 0) is 44.0 Å². The highest BCUT2D eigenvalue weighted by Gasteiger charge is 2.25. The summed E-state index contributed by atoms with van der Waals surface area (Å²) in [7, 11) is 0. The number of fused-ring (bicyclic) bond motifs is 1. The molecule has 2 aliphatic rings. The Morgan fingerprint density at radius 3 is 3.00 bits per heavy atom. The third-order valence-electron chi connectivity index (χ3n) is 4.27. The molecule has 0 spiro atoms. The summed E-state index contributed by atoms with van der Waals surface area (Å²) in [4.78, 5) is 18.3. The summed E-state index contributed by atoms with van der Waals surface area (Å²) in [6.07, 6.45) is 4.84. The van der Waals surface area contributed by atoms with Crippen molar-refractivity contribution in [3.8, 4) is 0 Å². The van der Waals surface area contributed by atoms with Crippen LogP contribution in [0.2, 0.25) is 0 Å². The minimum Gasteiger partial charge on any atom is -0.317 e. The standard InChI is InChI=1S/C14H20N4O2/c19-14(17-20)11-7-10-3-6-18(9-13(10)16-8-11)12-1-4-15-5-2-12/h7-8,12,15,20H,1-6,9H2,(H,17,19). The predicted molar refractivity (Wildman–Crippen MR) is 73.5 cm³/mol. The molecule has 3 rings (SSSR count). The van der Waals surface area contributed by atoms with Crippen LogP contribution in [0.25, 0.3) is 0 Å². The lowest BCUT2D eigenvalue weighted by Crippen LogP contribution is -2.45. The van der Waals surface area contributed by atoms with E-state index in [2.05, 4.69) is 15.2 Å². The number of aromatic nitrogens is 1. The number of piperidine rings is 1. The number of pyridine rings is 1. The van der Waals surface area contributed by atoms with Gasteiger partial charge in [0, 0.05) is 25.3 Å². The number of hydroxylamine groups is 1. The summed E-state index contributed by atoms with van der Waals surface area (Å²) >= 11 is 0. The van der Waals surface area contributed by atoms with Crippen molar-refractivity contribution in [3.63, 3.8) is 0 Å². The Morgan fingerprint density at radius 2 is 2.25 bits per heavy atom. The van der Waals surface area contributed by atoms with E-state index >= 15 is 0 Å². The molecule has 0 aromatic carbocycles. The summed E-state index contributed by atoms with van der Waals surface area (Å²) in [5, 5.41) is 12.1. The van der Waals surface area contributed by atoms with Gasteiger partial charge in [-0.2, -0.15) is 0 Å². The molecule has 2 aliphatic heterocycles. The highest BCUT2D eigenvalue weighted by atomic mass is 16.5. The molecular weight excluding hydrogens is 256 g/mol. The number of hydrogen-bond donors (Lipinski definition) is 3. The Labute approximate surface area is 118 Å². The van der Waals surface area contributed by atoms with E-state index in [0.29, 0.717) is 11.6 Å². The van der Waals surface area contributed by atoms with Gasteiger partial charge in [0.15, 0.2) is 0 Å². The van der Waals surface area contributed by atoms with Gasteiger partial charge >= 0.3 is 0 Å². The van der Waals surface area contributed by atoms with Gasteiger partial charge in [-0.3, -0.25) is 19.9 Å². The average molecular weight is 276 g/mol. The van der Waals surface area contributed by atoms with Crippen LogP contribution in [0.15, 0.2) is 12.3 Å². The van der Waals surface area contributed by atoms with Gasteiger partial charge in [-0.1, -0.05) is 0 Å². The quantitative estimate of drug-likeness (QED) is 0.535. The number of carbonyl (C=O) groups excluding carboxylic acids is 1. The lowest BCUT2D eigenvalue weighted by atomic mass is 9.98. The maximum atomic E-state index is 11.4. The summed E-state index contributed by atoms with van der Waals surface area (Å²) in [6.45, 7) is 4.07. The fourth-order valence-electron chi connectivity index (χ4n) is 3.11. The van der Waals surface area contributed by atoms with Crippen molar-refractivity contribution in [1.29, 1.82) is 0 Å². The number of carbonyl (C=O) groups is 1. The zero-order valence-electron chi connectivity index (χ0n) is 11.4. The maximum Gasteiger partial charge on any atom is 0.276 e. The molecule has 0 bridgehead atoms. The van der Waals surface area contributed by atoms with E-state index in [4.69, 9.17) is 5.21 Å². The largest absolute Gasteiger partial charge is 0.317 e. The van der Waals surface area contributed by atoms with Crippen molar-refractivity contribution in [2.45, 2.75) is 31.8 Å². The molecule has 108 valence electrons. The van der Waals surface area contributed by atoms with Crippen molar-refractivity contribution in [2.24, 2.45) is 0 Å². The van der Waals surface area contributed by atoms with E-state index in [0.717, 1.165) is 43.9 Å². The highest BCUT2D eigenvalue weighted by molar-refractivity contribution is 5.93. The van der Waals surface area contributed by atoms with Crippen molar-refractivity contribution in [1.82, 2.24) is 20.7 Å². The highest BCUT2D eigenvalue weighted by Crippen LogP contribution is 2.22. The van der Waals surface area contributed by atoms with Crippen molar-refractivity contribution >= 4 is 5.91 Å². The first-order valence-corrected chi connectivity index (χ1v) is 7.15. The van der Waals surface area contributed by atoms with E-state index < -0.39 is 5.91 Å². The van der Waals surface area contributed by atoms with Crippen molar-refractivity contribution in [3.05, 3.63) is 29.1 Å². The monoisotopic (exact) mass is 276 g/mol. The first kappa shape index (κ1) is 13.5. The van der Waals surface area contributed by atoms with Crippen LogP contribution in [-0.4, -0.2) is 46.7 Å². The molecular formula is C14H20N4O2. The van der Waals surface area contributed by atoms with Crippen molar-refractivity contribution in [2.75, 3.05) is 19.6 Å². The fourth-order valence-corrected chi connectivity index (χ4v) is 3.11. The van der Waals surface area contributed by atoms with Crippen LogP contribution in [0.5, 0.6) is 0 Å². The molecule has 0 aliphatic carbocycles. The van der Waals surface area contributed by atoms with Crippen LogP contribution in [0.1, 0.15) is 34.5 Å². The van der Waals surface area contributed by atoms with E-state index in [1.54, 1.807) is 5.48 Å². The number of hydrogen-bond acceptors (Lipinski definition) is 5. The third kappa shape index (κ3) is 2.67. The topological polar surface area (TPSA) is 77.5 Å². The molecule has 6 heteroatoms. The van der Waals surface area contributed by atoms with E-state index in [-0.39, 0.29) is 0 Å². The van der Waals surface area contributed by atoms with E-state index in [1.165, 1.54) is 19.0 Å². The summed E-state index contributed by atoms with van der Waals surface area (Å²) in [5.41, 5.74) is 4.25. The van der Waals surface area contributed by atoms with Crippen LogP contribution >= 0.6 is 0 Å². The first-order valence-electron chi connectivity index (χ1n) is 7.15. The summed E-state index contributed by atoms with van der Waals surface area (Å²) in [6, 6.07) is 2.49. The van der Waals surface area contributed by atoms with Gasteiger partial charge in [0.05, 0.1) is 11.3 Å². The van der Waals surface area contributed by atoms with Crippen LogP contribution in [0.3, 0.4) is 0 Å². The lowest BCUT2D eigenvalue weighted by molar-refractivity contribution is 0.0705. The Hall–Kier alpha value is -1.50. The number of nitrogens with one attached hydrogen (secondary N) is 2. The number of nitrogens with zero attached hydrogens (tertiary/aromatic N) is 2. The van der Waals surface area contributed by atoms with Crippen molar-refractivity contribution < 1.29 is 10.0 Å². The second kappa shape index (κ2) is 5.87. The lowest BCUT2D eigenvalue weighted by Gasteiger charge is -2.37. The molecule has 1 aromatic heterocycles. The fraction of sp³-hybridized carbons (Fsp3) is 0.571. The molecule has 1 saturated heterocycles. The predicted octanol–water partition coefficient (Wildman–Crippen LogP) is 0.311. The van der Waals surface area contributed by atoms with Crippen LogP contribution in [0.4, 0.5) is 0 Å². The van der Waals surface area contributed by atoms with Gasteiger partial charge in [0.2, 0.25) is 0 Å². The SMILES string of the molecule is O=C(NO)c1cnc2c(c1)CCN(C1CCNCC1)C2. The minimum absolute atomic E-state index is 0.418. The molecule has 1 fully saturated rings. The number of amides is 1. The molecule has 3 N–H and O–H groups in total. The van der Waals surface area contributed by atoms with Crippen LogP contribution in [0, 0.1) is 0 Å². The molecule has 0 unspecified atom stereocenters. The smallest absolute Gasteiger partial charge is 0.276 e. The molecule has 0 saturated carbocycles. The molecule has 20 heavy (non-hydrogen) atoms. The van der Waals surface area contributed by atoms with Gasteiger partial charge in [-0.15, -0.1) is 0 Å². The molecule has 1 amide bonds. The zero-order chi connectivity index (χ0) is 13.9. The Kier molecular flexibility index (Phi) is 3.95. The molecule has 1 aromatic rings.